The molecule has 206 valence electrons. The summed E-state index contributed by atoms with van der Waals surface area (Å²) in [5, 5.41) is 12.6. The molecule has 11 nitrogen and oxygen atoms in total. The summed E-state index contributed by atoms with van der Waals surface area (Å²) < 4.78 is 67.9. The second-order valence-corrected chi connectivity index (χ2v) is 12.0. The number of aryl methyl sites for hydroxylation is 1. The average molecular weight is 574 g/mol. The van der Waals surface area contributed by atoms with Gasteiger partial charge < -0.3 is 10.4 Å². The Hall–Kier alpha value is -3.08. The summed E-state index contributed by atoms with van der Waals surface area (Å²) in [6, 6.07) is 3.63. The summed E-state index contributed by atoms with van der Waals surface area (Å²) >= 11 is 0.811. The van der Waals surface area contributed by atoms with Crippen LogP contribution in [0.4, 0.5) is 28.9 Å². The van der Waals surface area contributed by atoms with Crippen molar-refractivity contribution in [1.29, 1.82) is 0 Å². The molecule has 1 saturated heterocycles. The molecule has 2 N–H and O–H groups in total. The van der Waals surface area contributed by atoms with Crippen LogP contribution < -0.4 is 10.2 Å². The van der Waals surface area contributed by atoms with Crippen LogP contribution in [0.3, 0.4) is 0 Å². The molecule has 0 radical (unpaired) electrons. The van der Waals surface area contributed by atoms with Crippen molar-refractivity contribution in [2.75, 3.05) is 50.0 Å². The second kappa shape index (κ2) is 10.6. The van der Waals surface area contributed by atoms with Crippen molar-refractivity contribution in [3.63, 3.8) is 0 Å². The predicted molar refractivity (Wildman–Crippen MR) is 136 cm³/mol. The van der Waals surface area contributed by atoms with Gasteiger partial charge in [-0.3, -0.25) is 9.80 Å². The van der Waals surface area contributed by atoms with Crippen LogP contribution in [0.5, 0.6) is 0 Å². The molecule has 3 heterocycles. The van der Waals surface area contributed by atoms with Gasteiger partial charge in [-0.25, -0.2) is 28.2 Å². The normalized spacial score (nSPS) is 16.5. The van der Waals surface area contributed by atoms with Crippen molar-refractivity contribution in [1.82, 2.24) is 24.2 Å². The maximum atomic E-state index is 13.4. The van der Waals surface area contributed by atoms with Gasteiger partial charge in [-0.1, -0.05) is 17.4 Å². The number of thiazole rings is 1. The smallest absolute Gasteiger partial charge is 0.418 e. The Labute approximate surface area is 221 Å². The van der Waals surface area contributed by atoms with Crippen molar-refractivity contribution in [2.24, 2.45) is 0 Å². The molecule has 1 aliphatic rings. The number of nitrogens with one attached hydrogen (secondary N) is 1. The first kappa shape index (κ1) is 27.9. The second-order valence-electron chi connectivity index (χ2n) is 8.88. The summed E-state index contributed by atoms with van der Waals surface area (Å²) in [4.78, 5) is 26.2. The number of nitrogens with zero attached hydrogens (tertiary/aromatic N) is 6. The number of hydrogen-bond donors (Lipinski definition) is 2. The lowest BCUT2D eigenvalue weighted by molar-refractivity contribution is -0.136. The number of rotatable bonds is 7. The molecule has 1 fully saturated rings. The highest BCUT2D eigenvalue weighted by Crippen LogP contribution is 2.35. The number of halogens is 3. The third-order valence-electron chi connectivity index (χ3n) is 6.11. The van der Waals surface area contributed by atoms with Gasteiger partial charge in [0.15, 0.2) is 9.34 Å². The van der Waals surface area contributed by atoms with Crippen molar-refractivity contribution >= 4 is 49.3 Å². The van der Waals surface area contributed by atoms with Crippen molar-refractivity contribution < 1.29 is 31.5 Å². The Kier molecular flexibility index (Phi) is 7.79. The fourth-order valence-electron chi connectivity index (χ4n) is 4.20. The van der Waals surface area contributed by atoms with Gasteiger partial charge in [0.1, 0.15) is 12.1 Å². The number of carboxylic acid groups (broad SMARTS) is 1. The van der Waals surface area contributed by atoms with Crippen molar-refractivity contribution in [2.45, 2.75) is 30.3 Å². The van der Waals surface area contributed by atoms with Crippen LogP contribution in [-0.4, -0.2) is 89.6 Å². The Morgan fingerprint density at radius 3 is 2.55 bits per heavy atom. The number of carbonyl (C=O) groups is 1. The van der Waals surface area contributed by atoms with E-state index in [2.05, 4.69) is 25.2 Å². The highest BCUT2D eigenvalue weighted by molar-refractivity contribution is 7.91. The predicted octanol–water partition coefficient (Wildman–Crippen LogP) is 3.33. The summed E-state index contributed by atoms with van der Waals surface area (Å²) in [5.41, 5.74) is -0.771. The summed E-state index contributed by atoms with van der Waals surface area (Å²) in [6.07, 6.45) is -4.69. The number of fused-ring (bicyclic) bond motifs is 1. The number of amides is 1. The van der Waals surface area contributed by atoms with Crippen LogP contribution in [0.2, 0.25) is 0 Å². The Morgan fingerprint density at radius 1 is 1.24 bits per heavy atom. The zero-order valence-electron chi connectivity index (χ0n) is 20.7. The number of alkyl halides is 3. The quantitative estimate of drug-likeness (QED) is 0.437. The van der Waals surface area contributed by atoms with Crippen LogP contribution >= 0.6 is 11.3 Å². The van der Waals surface area contributed by atoms with Crippen molar-refractivity contribution in [3.05, 3.63) is 35.8 Å². The number of piperazine rings is 1. The molecule has 1 amide bonds. The lowest BCUT2D eigenvalue weighted by Crippen LogP contribution is -2.50. The molecule has 1 unspecified atom stereocenters. The third kappa shape index (κ3) is 5.67. The summed E-state index contributed by atoms with van der Waals surface area (Å²) in [6.45, 7) is 5.23. The maximum Gasteiger partial charge on any atom is 0.418 e. The van der Waals surface area contributed by atoms with E-state index in [1.807, 2.05) is 6.92 Å². The average Bonchev–Trinajstić information content (AvgIpc) is 3.25. The monoisotopic (exact) mass is 573 g/mol. The van der Waals surface area contributed by atoms with E-state index < -0.39 is 27.9 Å². The zero-order chi connectivity index (χ0) is 27.8. The van der Waals surface area contributed by atoms with E-state index in [9.17, 15) is 26.4 Å². The Morgan fingerprint density at radius 2 is 1.92 bits per heavy atom. The third-order valence-corrected chi connectivity index (χ3v) is 9.83. The molecule has 16 heteroatoms. The zero-order valence-corrected chi connectivity index (χ0v) is 22.4. The molecule has 38 heavy (non-hydrogen) atoms. The molecule has 0 spiro atoms. The van der Waals surface area contributed by atoms with Gasteiger partial charge in [0.2, 0.25) is 0 Å². The number of para-hydroxylation sites is 1. The van der Waals surface area contributed by atoms with Crippen LogP contribution in [-0.2, 0) is 16.2 Å². The van der Waals surface area contributed by atoms with Crippen LogP contribution in [0.1, 0.15) is 18.2 Å². The SMILES string of the molecule is Cc1nc(N(C)C(=O)O)sc1S(=O)(=O)N1CCN(CC(C)Nc2ncnc3c(C(F)(F)F)cccc23)CC1. The van der Waals surface area contributed by atoms with E-state index >= 15 is 0 Å². The van der Waals surface area contributed by atoms with E-state index in [1.165, 1.54) is 30.4 Å². The van der Waals surface area contributed by atoms with Gasteiger partial charge >= 0.3 is 12.3 Å². The van der Waals surface area contributed by atoms with Gasteiger partial charge in [-0.2, -0.15) is 17.5 Å². The van der Waals surface area contributed by atoms with E-state index in [0.29, 0.717) is 19.6 Å². The van der Waals surface area contributed by atoms with E-state index in [1.54, 1.807) is 0 Å². The van der Waals surface area contributed by atoms with Crippen LogP contribution in [0.25, 0.3) is 10.9 Å². The largest absolute Gasteiger partial charge is 0.465 e. The minimum absolute atomic E-state index is 0.0120. The fourth-order valence-corrected chi connectivity index (χ4v) is 7.22. The van der Waals surface area contributed by atoms with Crippen LogP contribution in [0, 0.1) is 6.92 Å². The summed E-state index contributed by atoms with van der Waals surface area (Å²) in [7, 11) is -2.56. The number of aromatic nitrogens is 3. The number of sulfonamides is 1. The first-order chi connectivity index (χ1) is 17.8. The fraction of sp³-hybridized carbons (Fsp3) is 0.455. The first-order valence-corrected chi connectivity index (χ1v) is 13.8. The Balaban J connectivity index is 1.40. The summed E-state index contributed by atoms with van der Waals surface area (Å²) in [5.74, 6) is 0.289. The van der Waals surface area contributed by atoms with Gasteiger partial charge in [0.25, 0.3) is 10.0 Å². The van der Waals surface area contributed by atoms with Gasteiger partial charge in [-0.15, -0.1) is 0 Å². The van der Waals surface area contributed by atoms with Crippen molar-refractivity contribution in [3.8, 4) is 0 Å². The van der Waals surface area contributed by atoms with E-state index in [0.717, 1.165) is 28.6 Å². The van der Waals surface area contributed by atoms with Crippen LogP contribution in [0.15, 0.2) is 28.7 Å². The van der Waals surface area contributed by atoms with Gasteiger partial charge in [-0.05, 0) is 26.0 Å². The van der Waals surface area contributed by atoms with Gasteiger partial charge in [0, 0.05) is 51.2 Å². The molecule has 1 aromatic carbocycles. The minimum Gasteiger partial charge on any atom is -0.465 e. The first-order valence-electron chi connectivity index (χ1n) is 11.5. The molecule has 2 aromatic heterocycles. The Bertz CT molecular complexity index is 1440. The highest BCUT2D eigenvalue weighted by Gasteiger charge is 2.34. The maximum absolute atomic E-state index is 13.4. The minimum atomic E-state index is -4.54. The molecule has 3 aromatic rings. The molecular formula is C22H26F3N7O4S2. The van der Waals surface area contributed by atoms with Gasteiger partial charge in [0.05, 0.1) is 16.8 Å². The molecule has 4 rings (SSSR count). The number of benzene rings is 1. The molecule has 0 aliphatic carbocycles. The molecular weight excluding hydrogens is 547 g/mol. The molecule has 1 aliphatic heterocycles. The van der Waals surface area contributed by atoms with E-state index in [-0.39, 0.29) is 50.9 Å². The lowest BCUT2D eigenvalue weighted by Gasteiger charge is -2.35. The molecule has 1 atom stereocenters. The standard InChI is InChI=1S/C22H26F3N7O4S2/c1-13(28-18-15-5-4-6-16(22(23,24)25)17(15)26-12-27-18)11-31-7-9-32(10-8-31)38(35,36)19-14(2)29-20(37-19)30(3)21(33)34/h4-6,12-13H,7-11H2,1-3H3,(H,33,34)(H,26,27,28). The number of hydrogen-bond acceptors (Lipinski definition) is 9. The lowest BCUT2D eigenvalue weighted by atomic mass is 10.1. The topological polar surface area (TPSA) is 132 Å². The highest BCUT2D eigenvalue weighted by atomic mass is 32.2. The molecule has 0 bridgehead atoms. The number of anilines is 2. The molecule has 0 saturated carbocycles. The van der Waals surface area contributed by atoms with E-state index in [4.69, 9.17) is 5.11 Å².